The molecule has 0 atom stereocenters. The van der Waals surface area contributed by atoms with Crippen molar-refractivity contribution in [1.82, 2.24) is 9.88 Å². The third-order valence-corrected chi connectivity index (χ3v) is 5.03. The molecule has 5 nitrogen and oxygen atoms in total. The van der Waals surface area contributed by atoms with Gasteiger partial charge < -0.3 is 10.2 Å². The molecule has 1 aliphatic carbocycles. The molecule has 2 aliphatic rings. The highest BCUT2D eigenvalue weighted by Crippen LogP contribution is 2.27. The average molecular weight is 312 g/mol. The summed E-state index contributed by atoms with van der Waals surface area (Å²) in [6, 6.07) is 6.00. The zero-order valence-electron chi connectivity index (χ0n) is 13.5. The number of aromatic nitrogens is 1. The Balaban J connectivity index is 1.52. The van der Waals surface area contributed by atoms with Gasteiger partial charge in [0.2, 0.25) is 5.91 Å². The predicted octanol–water partition coefficient (Wildman–Crippen LogP) is 2.94. The van der Waals surface area contributed by atoms with Gasteiger partial charge in [-0.1, -0.05) is 19.3 Å². The lowest BCUT2D eigenvalue weighted by atomic mass is 9.87. The zero-order chi connectivity index (χ0) is 16.1. The summed E-state index contributed by atoms with van der Waals surface area (Å²) < 4.78 is 0. The fourth-order valence-corrected chi connectivity index (χ4v) is 3.66. The SMILES string of the molecule is N#Cc1cccnc1NC1CCN(C(=O)C2CCCCC2)CC1. The first kappa shape index (κ1) is 15.8. The van der Waals surface area contributed by atoms with E-state index < -0.39 is 0 Å². The zero-order valence-corrected chi connectivity index (χ0v) is 13.5. The number of nitrogens with zero attached hydrogens (tertiary/aromatic N) is 3. The Kier molecular flexibility index (Phi) is 5.12. The van der Waals surface area contributed by atoms with E-state index in [4.69, 9.17) is 5.26 Å². The Morgan fingerprint density at radius 2 is 1.96 bits per heavy atom. The lowest BCUT2D eigenvalue weighted by Gasteiger charge is -2.35. The molecule has 0 unspecified atom stereocenters. The highest BCUT2D eigenvalue weighted by Gasteiger charge is 2.29. The lowest BCUT2D eigenvalue weighted by Crippen LogP contribution is -2.45. The van der Waals surface area contributed by atoms with Crippen LogP contribution >= 0.6 is 0 Å². The van der Waals surface area contributed by atoms with Gasteiger partial charge in [0.25, 0.3) is 0 Å². The average Bonchev–Trinajstić information content (AvgIpc) is 2.63. The number of amides is 1. The minimum Gasteiger partial charge on any atom is -0.366 e. The fraction of sp³-hybridized carbons (Fsp3) is 0.611. The van der Waals surface area contributed by atoms with Gasteiger partial charge in [0.05, 0.1) is 5.56 Å². The number of hydrogen-bond acceptors (Lipinski definition) is 4. The number of hydrogen-bond donors (Lipinski definition) is 1. The molecule has 2 heterocycles. The molecule has 2 fully saturated rings. The van der Waals surface area contributed by atoms with E-state index in [1.165, 1.54) is 19.3 Å². The van der Waals surface area contributed by atoms with Gasteiger partial charge in [-0.3, -0.25) is 4.79 Å². The van der Waals surface area contributed by atoms with Crippen LogP contribution in [-0.2, 0) is 4.79 Å². The first-order valence-electron chi connectivity index (χ1n) is 8.68. The van der Waals surface area contributed by atoms with Crippen LogP contribution < -0.4 is 5.32 Å². The number of rotatable bonds is 3. The van der Waals surface area contributed by atoms with E-state index in [1.807, 2.05) is 4.90 Å². The van der Waals surface area contributed by atoms with Crippen LogP contribution in [0.5, 0.6) is 0 Å². The van der Waals surface area contributed by atoms with Crippen LogP contribution in [0.1, 0.15) is 50.5 Å². The van der Waals surface area contributed by atoms with Crippen molar-refractivity contribution in [1.29, 1.82) is 5.26 Å². The molecule has 1 aromatic heterocycles. The molecule has 0 spiro atoms. The summed E-state index contributed by atoms with van der Waals surface area (Å²) in [4.78, 5) is 18.9. The maximum atomic E-state index is 12.6. The second-order valence-electron chi connectivity index (χ2n) is 6.59. The van der Waals surface area contributed by atoms with Gasteiger partial charge in [-0.25, -0.2) is 4.98 Å². The van der Waals surface area contributed by atoms with Gasteiger partial charge in [0.1, 0.15) is 11.9 Å². The normalized spacial score (nSPS) is 20.0. The molecular weight excluding hydrogens is 288 g/mol. The van der Waals surface area contributed by atoms with Crippen LogP contribution in [0, 0.1) is 17.2 Å². The maximum absolute atomic E-state index is 12.6. The maximum Gasteiger partial charge on any atom is 0.225 e. The second-order valence-corrected chi connectivity index (χ2v) is 6.59. The molecule has 122 valence electrons. The number of carbonyl (C=O) groups excluding carboxylic acids is 1. The summed E-state index contributed by atoms with van der Waals surface area (Å²) in [5, 5.41) is 12.5. The molecule has 1 aromatic rings. The van der Waals surface area contributed by atoms with Crippen molar-refractivity contribution in [3.63, 3.8) is 0 Å². The van der Waals surface area contributed by atoms with E-state index in [0.29, 0.717) is 17.3 Å². The van der Waals surface area contributed by atoms with E-state index in [0.717, 1.165) is 38.8 Å². The molecule has 23 heavy (non-hydrogen) atoms. The summed E-state index contributed by atoms with van der Waals surface area (Å²) in [6.07, 6.45) is 9.34. The number of nitriles is 1. The summed E-state index contributed by atoms with van der Waals surface area (Å²) in [6.45, 7) is 1.61. The highest BCUT2D eigenvalue weighted by atomic mass is 16.2. The van der Waals surface area contributed by atoms with Crippen LogP contribution in [0.3, 0.4) is 0 Å². The van der Waals surface area contributed by atoms with Crippen LogP contribution in [-0.4, -0.2) is 34.9 Å². The Labute approximate surface area is 137 Å². The van der Waals surface area contributed by atoms with Crippen LogP contribution in [0.15, 0.2) is 18.3 Å². The van der Waals surface area contributed by atoms with Gasteiger partial charge in [-0.2, -0.15) is 5.26 Å². The molecular formula is C18H24N4O. The van der Waals surface area contributed by atoms with E-state index in [2.05, 4.69) is 16.4 Å². The van der Waals surface area contributed by atoms with Crippen molar-refractivity contribution < 1.29 is 4.79 Å². The molecule has 1 saturated heterocycles. The summed E-state index contributed by atoms with van der Waals surface area (Å²) in [5.41, 5.74) is 0.577. The van der Waals surface area contributed by atoms with Crippen molar-refractivity contribution in [2.24, 2.45) is 5.92 Å². The van der Waals surface area contributed by atoms with Crippen molar-refractivity contribution in [3.05, 3.63) is 23.9 Å². The quantitative estimate of drug-likeness (QED) is 0.931. The largest absolute Gasteiger partial charge is 0.366 e. The number of nitrogens with one attached hydrogen (secondary N) is 1. The van der Waals surface area contributed by atoms with Gasteiger partial charge in [0.15, 0.2) is 0 Å². The number of anilines is 1. The number of pyridine rings is 1. The predicted molar refractivity (Wildman–Crippen MR) is 88.8 cm³/mol. The second kappa shape index (κ2) is 7.45. The van der Waals surface area contributed by atoms with Gasteiger partial charge in [-0.15, -0.1) is 0 Å². The van der Waals surface area contributed by atoms with E-state index in [-0.39, 0.29) is 12.0 Å². The molecule has 1 aliphatic heterocycles. The van der Waals surface area contributed by atoms with Gasteiger partial charge in [0, 0.05) is 31.2 Å². The Morgan fingerprint density at radius 3 is 2.65 bits per heavy atom. The van der Waals surface area contributed by atoms with Gasteiger partial charge >= 0.3 is 0 Å². The Morgan fingerprint density at radius 1 is 1.22 bits per heavy atom. The van der Waals surface area contributed by atoms with Crippen LogP contribution in [0.2, 0.25) is 0 Å². The molecule has 1 amide bonds. The highest BCUT2D eigenvalue weighted by molar-refractivity contribution is 5.79. The lowest BCUT2D eigenvalue weighted by molar-refractivity contribution is -0.137. The number of likely N-dealkylation sites (tertiary alicyclic amines) is 1. The number of carbonyl (C=O) groups is 1. The fourth-order valence-electron chi connectivity index (χ4n) is 3.66. The molecule has 0 radical (unpaired) electrons. The molecule has 1 saturated carbocycles. The minimum absolute atomic E-state index is 0.259. The van der Waals surface area contributed by atoms with Crippen LogP contribution in [0.25, 0.3) is 0 Å². The van der Waals surface area contributed by atoms with E-state index in [9.17, 15) is 4.79 Å². The van der Waals surface area contributed by atoms with Gasteiger partial charge in [-0.05, 0) is 37.8 Å². The monoisotopic (exact) mass is 312 g/mol. The summed E-state index contributed by atoms with van der Waals surface area (Å²) >= 11 is 0. The standard InChI is InChI=1S/C18H24N4O/c19-13-15-7-4-10-20-17(15)21-16-8-11-22(12-9-16)18(23)14-5-2-1-3-6-14/h4,7,10,14,16H,1-3,5-6,8-9,11-12H2,(H,20,21). The molecule has 5 heteroatoms. The Hall–Kier alpha value is -2.09. The molecule has 0 bridgehead atoms. The molecule has 3 rings (SSSR count). The van der Waals surface area contributed by atoms with E-state index in [1.54, 1.807) is 18.3 Å². The Bertz CT molecular complexity index is 581. The summed E-state index contributed by atoms with van der Waals surface area (Å²) in [5.74, 6) is 1.28. The number of piperidine rings is 1. The first-order valence-corrected chi connectivity index (χ1v) is 8.68. The van der Waals surface area contributed by atoms with Crippen molar-refractivity contribution in [2.75, 3.05) is 18.4 Å². The van der Waals surface area contributed by atoms with Crippen molar-refractivity contribution >= 4 is 11.7 Å². The molecule has 0 aromatic carbocycles. The van der Waals surface area contributed by atoms with Crippen LogP contribution in [0.4, 0.5) is 5.82 Å². The van der Waals surface area contributed by atoms with Crippen molar-refractivity contribution in [3.8, 4) is 6.07 Å². The topological polar surface area (TPSA) is 69.0 Å². The first-order chi connectivity index (χ1) is 11.3. The third-order valence-electron chi connectivity index (χ3n) is 5.03. The third kappa shape index (κ3) is 3.82. The summed E-state index contributed by atoms with van der Waals surface area (Å²) in [7, 11) is 0. The minimum atomic E-state index is 0.259. The smallest absolute Gasteiger partial charge is 0.225 e. The molecule has 1 N–H and O–H groups in total. The van der Waals surface area contributed by atoms with Crippen molar-refractivity contribution in [2.45, 2.75) is 51.0 Å². The van der Waals surface area contributed by atoms with E-state index >= 15 is 0 Å².